The monoisotopic (exact) mass is 426 g/mol. The zero-order chi connectivity index (χ0) is 22.5. The number of nitrogens with zero attached hydrogens (tertiary/aromatic N) is 4. The molecule has 3 rings (SSSR count). The molecule has 0 saturated carbocycles. The fourth-order valence-electron chi connectivity index (χ4n) is 3.69. The normalized spacial score (nSPS) is 10.9. The first-order valence-electron chi connectivity index (χ1n) is 10.2. The number of methoxy groups -OCH3 is 2. The van der Waals surface area contributed by atoms with Gasteiger partial charge in [0, 0.05) is 26.2 Å². The van der Waals surface area contributed by atoms with Crippen molar-refractivity contribution in [1.82, 2.24) is 19.7 Å². The molecular formula is C23H30N4O4. The first kappa shape index (κ1) is 22.4. The second kappa shape index (κ2) is 9.68. The van der Waals surface area contributed by atoms with Crippen LogP contribution in [0.4, 0.5) is 0 Å². The van der Waals surface area contributed by atoms with Crippen molar-refractivity contribution in [3.8, 4) is 17.4 Å². The average molecular weight is 427 g/mol. The maximum Gasteiger partial charge on any atom is 0.242 e. The number of hydrogen-bond acceptors (Lipinski definition) is 6. The third-order valence-electron chi connectivity index (χ3n) is 5.48. The van der Waals surface area contributed by atoms with E-state index in [9.17, 15) is 4.79 Å². The molecule has 0 aliphatic rings. The molecule has 0 radical (unpaired) electrons. The van der Waals surface area contributed by atoms with E-state index in [1.807, 2.05) is 45.2 Å². The van der Waals surface area contributed by atoms with Crippen molar-refractivity contribution in [3.63, 3.8) is 0 Å². The lowest BCUT2D eigenvalue weighted by Crippen LogP contribution is -2.31. The van der Waals surface area contributed by atoms with Crippen LogP contribution in [0.1, 0.15) is 23.2 Å². The lowest BCUT2D eigenvalue weighted by atomic mass is 10.00. The molecule has 3 aromatic rings. The van der Waals surface area contributed by atoms with Gasteiger partial charge in [0.25, 0.3) is 0 Å². The van der Waals surface area contributed by atoms with E-state index in [-0.39, 0.29) is 5.91 Å². The first-order chi connectivity index (χ1) is 14.9. The van der Waals surface area contributed by atoms with E-state index in [2.05, 4.69) is 5.10 Å². The van der Waals surface area contributed by atoms with E-state index < -0.39 is 0 Å². The molecule has 0 aliphatic carbocycles. The summed E-state index contributed by atoms with van der Waals surface area (Å²) in [6.07, 6.45) is 0.998. The van der Waals surface area contributed by atoms with E-state index in [4.69, 9.17) is 19.2 Å². The van der Waals surface area contributed by atoms with Crippen molar-refractivity contribution in [3.05, 3.63) is 41.1 Å². The van der Waals surface area contributed by atoms with Crippen LogP contribution in [-0.2, 0) is 18.3 Å². The van der Waals surface area contributed by atoms with Crippen molar-refractivity contribution in [2.45, 2.75) is 26.7 Å². The number of carbonyl (C=O) groups excluding carboxylic acids is 1. The minimum Gasteiger partial charge on any atom is -0.493 e. The average Bonchev–Trinajstić information content (AvgIpc) is 3.09. The Morgan fingerprint density at radius 2 is 1.84 bits per heavy atom. The molecule has 0 atom stereocenters. The van der Waals surface area contributed by atoms with Gasteiger partial charge < -0.3 is 19.1 Å². The van der Waals surface area contributed by atoms with Crippen molar-refractivity contribution in [2.75, 3.05) is 34.4 Å². The molecule has 0 N–H and O–H groups in total. The van der Waals surface area contributed by atoms with Gasteiger partial charge in [0.05, 0.1) is 26.2 Å². The fraction of sp³-hybridized carbons (Fsp3) is 0.435. The molecule has 0 saturated heterocycles. The Kier molecular flexibility index (Phi) is 6.99. The summed E-state index contributed by atoms with van der Waals surface area (Å²) >= 11 is 0. The summed E-state index contributed by atoms with van der Waals surface area (Å²) in [7, 11) is 6.85. The summed E-state index contributed by atoms with van der Waals surface area (Å²) in [6, 6.07) is 7.47. The Morgan fingerprint density at radius 3 is 2.52 bits per heavy atom. The quantitative estimate of drug-likeness (QED) is 0.523. The lowest BCUT2D eigenvalue weighted by molar-refractivity contribution is -0.130. The van der Waals surface area contributed by atoms with Crippen LogP contribution in [0.5, 0.6) is 17.4 Å². The number of rotatable bonds is 9. The molecule has 0 aliphatic heterocycles. The highest BCUT2D eigenvalue weighted by atomic mass is 16.5. The minimum absolute atomic E-state index is 0.0562. The Hall–Kier alpha value is -3.29. The summed E-state index contributed by atoms with van der Waals surface area (Å²) in [5.74, 6) is 1.96. The van der Waals surface area contributed by atoms with Crippen LogP contribution in [0.25, 0.3) is 11.0 Å². The molecule has 0 fully saturated rings. The molecule has 8 heteroatoms. The van der Waals surface area contributed by atoms with Crippen molar-refractivity contribution in [2.24, 2.45) is 7.05 Å². The Labute approximate surface area is 182 Å². The van der Waals surface area contributed by atoms with Crippen LogP contribution in [-0.4, -0.2) is 60.0 Å². The molecule has 8 nitrogen and oxygen atoms in total. The van der Waals surface area contributed by atoms with Gasteiger partial charge in [-0.3, -0.25) is 4.79 Å². The maximum atomic E-state index is 12.7. The van der Waals surface area contributed by atoms with Crippen molar-refractivity contribution >= 4 is 16.9 Å². The number of benzene rings is 1. The summed E-state index contributed by atoms with van der Waals surface area (Å²) < 4.78 is 18.2. The highest BCUT2D eigenvalue weighted by Gasteiger charge is 2.19. The summed E-state index contributed by atoms with van der Waals surface area (Å²) in [6.45, 7) is 4.88. The van der Waals surface area contributed by atoms with Crippen LogP contribution in [0, 0.1) is 13.8 Å². The topological polar surface area (TPSA) is 78.7 Å². The standard InChI is InChI=1S/C23H30N4O4/c1-15-17(16(2)24-22-21(15)23(30-6)25-27(22)4)11-12-20(28)26(3)13-14-31-19-10-8-7-9-18(19)29-5/h7-10H,11-14H2,1-6H3. The predicted molar refractivity (Wildman–Crippen MR) is 119 cm³/mol. The number of hydrogen-bond donors (Lipinski definition) is 0. The van der Waals surface area contributed by atoms with Gasteiger partial charge in [0.15, 0.2) is 17.1 Å². The third kappa shape index (κ3) is 4.73. The molecule has 0 spiro atoms. The van der Waals surface area contributed by atoms with E-state index in [1.165, 1.54) is 0 Å². The molecule has 2 aromatic heterocycles. The lowest BCUT2D eigenvalue weighted by Gasteiger charge is -2.19. The smallest absolute Gasteiger partial charge is 0.242 e. The molecule has 1 amide bonds. The second-order valence-electron chi connectivity index (χ2n) is 7.45. The van der Waals surface area contributed by atoms with Crippen molar-refractivity contribution < 1.29 is 19.0 Å². The van der Waals surface area contributed by atoms with Gasteiger partial charge in [-0.2, -0.15) is 0 Å². The number of ether oxygens (including phenoxy) is 3. The van der Waals surface area contributed by atoms with Crippen LogP contribution in [0.3, 0.4) is 0 Å². The van der Waals surface area contributed by atoms with Crippen LogP contribution >= 0.6 is 0 Å². The molecule has 31 heavy (non-hydrogen) atoms. The van der Waals surface area contributed by atoms with Gasteiger partial charge in [0.2, 0.25) is 11.8 Å². The van der Waals surface area contributed by atoms with Gasteiger partial charge in [0.1, 0.15) is 6.61 Å². The molecule has 1 aromatic carbocycles. The number of pyridine rings is 1. The zero-order valence-electron chi connectivity index (χ0n) is 19.1. The highest BCUT2D eigenvalue weighted by molar-refractivity contribution is 5.86. The SMILES string of the molecule is COc1ccccc1OCCN(C)C(=O)CCc1c(C)nc2c(c(OC)nn2C)c1C. The molecular weight excluding hydrogens is 396 g/mol. The van der Waals surface area contributed by atoms with Crippen LogP contribution in [0.15, 0.2) is 24.3 Å². The van der Waals surface area contributed by atoms with Crippen LogP contribution in [0.2, 0.25) is 0 Å². The van der Waals surface area contributed by atoms with E-state index in [0.29, 0.717) is 43.4 Å². The maximum absolute atomic E-state index is 12.7. The molecule has 0 bridgehead atoms. The van der Waals surface area contributed by atoms with Crippen molar-refractivity contribution in [1.29, 1.82) is 0 Å². The van der Waals surface area contributed by atoms with Gasteiger partial charge >= 0.3 is 0 Å². The van der Waals surface area contributed by atoms with Crippen LogP contribution < -0.4 is 14.2 Å². The largest absolute Gasteiger partial charge is 0.493 e. The van der Waals surface area contributed by atoms with Gasteiger partial charge in [-0.1, -0.05) is 12.1 Å². The molecule has 2 heterocycles. The number of carbonyl (C=O) groups is 1. The van der Waals surface area contributed by atoms with Gasteiger partial charge in [-0.05, 0) is 43.5 Å². The fourth-order valence-corrected chi connectivity index (χ4v) is 3.69. The number of aryl methyl sites for hydroxylation is 3. The number of fused-ring (bicyclic) bond motifs is 1. The predicted octanol–water partition coefficient (Wildman–Crippen LogP) is 3.07. The number of para-hydroxylation sites is 2. The van der Waals surface area contributed by atoms with E-state index in [1.54, 1.807) is 30.8 Å². The van der Waals surface area contributed by atoms with Gasteiger partial charge in [-0.25, -0.2) is 9.67 Å². The van der Waals surface area contributed by atoms with E-state index >= 15 is 0 Å². The summed E-state index contributed by atoms with van der Waals surface area (Å²) in [5.41, 5.74) is 3.81. The summed E-state index contributed by atoms with van der Waals surface area (Å²) in [5, 5.41) is 5.28. The molecule has 0 unspecified atom stereocenters. The summed E-state index contributed by atoms with van der Waals surface area (Å²) in [4.78, 5) is 19.1. The van der Waals surface area contributed by atoms with Gasteiger partial charge in [-0.15, -0.1) is 5.10 Å². The first-order valence-corrected chi connectivity index (χ1v) is 10.2. The third-order valence-corrected chi connectivity index (χ3v) is 5.48. The Bertz CT molecular complexity index is 1080. The Balaban J connectivity index is 1.61. The second-order valence-corrected chi connectivity index (χ2v) is 7.45. The number of amides is 1. The minimum atomic E-state index is 0.0562. The number of likely N-dealkylation sites (N-methyl/N-ethyl adjacent to an activating group) is 1. The Morgan fingerprint density at radius 1 is 1.13 bits per heavy atom. The highest BCUT2D eigenvalue weighted by Crippen LogP contribution is 2.30. The van der Waals surface area contributed by atoms with E-state index in [0.717, 1.165) is 27.9 Å². The number of aromatic nitrogens is 3. The zero-order valence-corrected chi connectivity index (χ0v) is 19.1. The molecule has 166 valence electrons.